The first-order valence-electron chi connectivity index (χ1n) is 6.72. The summed E-state index contributed by atoms with van der Waals surface area (Å²) in [7, 11) is 7.09. The molecule has 0 spiro atoms. The van der Waals surface area contributed by atoms with Crippen molar-refractivity contribution in [2.45, 2.75) is 12.5 Å². The Morgan fingerprint density at radius 2 is 2.00 bits per heavy atom. The normalized spacial score (nSPS) is 12.2. The third kappa shape index (κ3) is 5.23. The van der Waals surface area contributed by atoms with Crippen LogP contribution in [0.2, 0.25) is 0 Å². The number of ether oxygens (including phenoxy) is 3. The van der Waals surface area contributed by atoms with Crippen LogP contribution in [0.1, 0.15) is 18.0 Å². The van der Waals surface area contributed by atoms with Crippen LogP contribution in [0.25, 0.3) is 0 Å². The van der Waals surface area contributed by atoms with Crippen molar-refractivity contribution in [3.63, 3.8) is 0 Å². The average Bonchev–Trinajstić information content (AvgIpc) is 2.50. The van der Waals surface area contributed by atoms with E-state index in [-0.39, 0.29) is 6.04 Å². The van der Waals surface area contributed by atoms with Gasteiger partial charge < -0.3 is 19.5 Å². The maximum atomic E-state index is 5.45. The summed E-state index contributed by atoms with van der Waals surface area (Å²) in [4.78, 5) is 0. The molecule has 114 valence electrons. The second kappa shape index (κ2) is 9.91. The number of hydrogen-bond donors (Lipinski definition) is 1. The molecule has 0 aliphatic heterocycles. The summed E-state index contributed by atoms with van der Waals surface area (Å²) in [5.41, 5.74) is 1.13. The number of rotatable bonds is 10. The van der Waals surface area contributed by atoms with Crippen LogP contribution in [-0.4, -0.2) is 46.5 Å². The molecule has 0 heterocycles. The highest BCUT2D eigenvalue weighted by atomic mass is 32.2. The highest BCUT2D eigenvalue weighted by Gasteiger charge is 2.15. The van der Waals surface area contributed by atoms with Crippen molar-refractivity contribution in [3.05, 3.63) is 23.8 Å². The predicted molar refractivity (Wildman–Crippen MR) is 85.2 cm³/mol. The molecule has 0 fully saturated rings. The molecule has 5 heteroatoms. The maximum Gasteiger partial charge on any atom is 0.123 e. The maximum absolute atomic E-state index is 5.45. The van der Waals surface area contributed by atoms with E-state index < -0.39 is 0 Å². The average molecular weight is 299 g/mol. The summed E-state index contributed by atoms with van der Waals surface area (Å²) in [5, 5.41) is 3.35. The number of benzene rings is 1. The second-order valence-electron chi connectivity index (χ2n) is 4.37. The first kappa shape index (κ1) is 17.1. The van der Waals surface area contributed by atoms with Gasteiger partial charge in [0.05, 0.1) is 14.2 Å². The molecule has 0 saturated heterocycles. The zero-order valence-electron chi connectivity index (χ0n) is 12.8. The Bertz CT molecular complexity index is 387. The van der Waals surface area contributed by atoms with Gasteiger partial charge in [-0.1, -0.05) is 0 Å². The molecule has 1 atom stereocenters. The van der Waals surface area contributed by atoms with E-state index in [1.54, 1.807) is 21.3 Å². The molecule has 0 amide bonds. The lowest BCUT2D eigenvalue weighted by molar-refractivity contribution is 0.200. The summed E-state index contributed by atoms with van der Waals surface area (Å²) in [5.74, 6) is 3.83. The van der Waals surface area contributed by atoms with E-state index in [1.165, 1.54) is 0 Å². The van der Waals surface area contributed by atoms with Crippen LogP contribution >= 0.6 is 11.8 Å². The van der Waals surface area contributed by atoms with E-state index in [0.29, 0.717) is 0 Å². The van der Waals surface area contributed by atoms with Crippen molar-refractivity contribution in [1.29, 1.82) is 0 Å². The van der Waals surface area contributed by atoms with Crippen LogP contribution in [0.4, 0.5) is 0 Å². The molecule has 1 rings (SSSR count). The van der Waals surface area contributed by atoms with Gasteiger partial charge >= 0.3 is 0 Å². The molecule has 4 nitrogen and oxygen atoms in total. The summed E-state index contributed by atoms with van der Waals surface area (Å²) < 4.78 is 15.8. The molecule has 0 bridgehead atoms. The Morgan fingerprint density at radius 3 is 2.60 bits per heavy atom. The van der Waals surface area contributed by atoms with Crippen LogP contribution < -0.4 is 14.8 Å². The van der Waals surface area contributed by atoms with Crippen LogP contribution in [0.5, 0.6) is 11.5 Å². The minimum absolute atomic E-state index is 0.243. The summed E-state index contributed by atoms with van der Waals surface area (Å²) >= 11 is 1.91. The molecule has 0 aliphatic rings. The minimum Gasteiger partial charge on any atom is -0.497 e. The van der Waals surface area contributed by atoms with E-state index in [0.717, 1.165) is 41.6 Å². The fourth-order valence-corrected chi connectivity index (χ4v) is 3.02. The lowest BCUT2D eigenvalue weighted by Crippen LogP contribution is -2.20. The van der Waals surface area contributed by atoms with Gasteiger partial charge in [0.15, 0.2) is 0 Å². The molecule has 0 aliphatic carbocycles. The summed E-state index contributed by atoms with van der Waals surface area (Å²) in [6.45, 7) is 0.819. The van der Waals surface area contributed by atoms with Gasteiger partial charge in [0, 0.05) is 31.1 Å². The number of methoxy groups -OCH3 is 3. The van der Waals surface area contributed by atoms with Gasteiger partial charge in [0.2, 0.25) is 0 Å². The quantitative estimate of drug-likeness (QED) is 0.673. The van der Waals surface area contributed by atoms with Crippen molar-refractivity contribution in [1.82, 2.24) is 5.32 Å². The van der Waals surface area contributed by atoms with Crippen LogP contribution in [0.15, 0.2) is 18.2 Å². The van der Waals surface area contributed by atoms with Gasteiger partial charge in [0.1, 0.15) is 11.5 Å². The summed E-state index contributed by atoms with van der Waals surface area (Å²) in [6, 6.07) is 6.15. The van der Waals surface area contributed by atoms with Crippen LogP contribution in [0.3, 0.4) is 0 Å². The van der Waals surface area contributed by atoms with Gasteiger partial charge in [-0.2, -0.15) is 11.8 Å². The minimum atomic E-state index is 0.243. The zero-order chi connectivity index (χ0) is 14.8. The van der Waals surface area contributed by atoms with E-state index in [9.17, 15) is 0 Å². The summed E-state index contributed by atoms with van der Waals surface area (Å²) in [6.07, 6.45) is 1.08. The largest absolute Gasteiger partial charge is 0.497 e. The SMILES string of the molecule is CNC(CSCCCOC)c1cc(OC)ccc1OC. The monoisotopic (exact) mass is 299 g/mol. The molecule has 1 N–H and O–H groups in total. The van der Waals surface area contributed by atoms with E-state index in [4.69, 9.17) is 14.2 Å². The van der Waals surface area contributed by atoms with E-state index >= 15 is 0 Å². The van der Waals surface area contributed by atoms with Crippen molar-refractivity contribution in [2.75, 3.05) is 46.5 Å². The van der Waals surface area contributed by atoms with Gasteiger partial charge in [-0.05, 0) is 37.4 Å². The highest BCUT2D eigenvalue weighted by molar-refractivity contribution is 7.99. The predicted octanol–water partition coefficient (Wildman–Crippen LogP) is 2.73. The number of hydrogen-bond acceptors (Lipinski definition) is 5. The molecule has 1 unspecified atom stereocenters. The lowest BCUT2D eigenvalue weighted by Gasteiger charge is -2.20. The molecule has 0 aromatic heterocycles. The fourth-order valence-electron chi connectivity index (χ4n) is 1.95. The van der Waals surface area contributed by atoms with Crippen molar-refractivity contribution < 1.29 is 14.2 Å². The first-order chi connectivity index (χ1) is 9.76. The Kier molecular flexibility index (Phi) is 8.49. The molecule has 0 radical (unpaired) electrons. The number of thioether (sulfide) groups is 1. The topological polar surface area (TPSA) is 39.7 Å². The van der Waals surface area contributed by atoms with Crippen LogP contribution in [0, 0.1) is 0 Å². The van der Waals surface area contributed by atoms with E-state index in [1.807, 2.05) is 37.0 Å². The van der Waals surface area contributed by atoms with Crippen molar-refractivity contribution in [3.8, 4) is 11.5 Å². The fraction of sp³-hybridized carbons (Fsp3) is 0.600. The Balaban J connectivity index is 2.67. The van der Waals surface area contributed by atoms with E-state index in [2.05, 4.69) is 5.32 Å². The van der Waals surface area contributed by atoms with Gasteiger partial charge in [0.25, 0.3) is 0 Å². The highest BCUT2D eigenvalue weighted by Crippen LogP contribution is 2.31. The third-order valence-electron chi connectivity index (χ3n) is 3.08. The van der Waals surface area contributed by atoms with Gasteiger partial charge in [-0.15, -0.1) is 0 Å². The van der Waals surface area contributed by atoms with Gasteiger partial charge in [-0.3, -0.25) is 0 Å². The zero-order valence-corrected chi connectivity index (χ0v) is 13.6. The smallest absolute Gasteiger partial charge is 0.123 e. The van der Waals surface area contributed by atoms with Crippen molar-refractivity contribution >= 4 is 11.8 Å². The van der Waals surface area contributed by atoms with Gasteiger partial charge in [-0.25, -0.2) is 0 Å². The number of nitrogens with one attached hydrogen (secondary N) is 1. The standard InChI is InChI=1S/C15H25NO3S/c1-16-14(11-20-9-5-8-17-2)13-10-12(18-3)6-7-15(13)19-4/h6-7,10,14,16H,5,8-9,11H2,1-4H3. The lowest BCUT2D eigenvalue weighted by atomic mass is 10.1. The van der Waals surface area contributed by atoms with Crippen molar-refractivity contribution in [2.24, 2.45) is 0 Å². The molecule has 1 aromatic rings. The molecule has 1 aromatic carbocycles. The first-order valence-corrected chi connectivity index (χ1v) is 7.88. The van der Waals surface area contributed by atoms with Crippen LogP contribution in [-0.2, 0) is 4.74 Å². The Hall–Kier alpha value is -0.910. The Labute approximate surface area is 126 Å². The molecular weight excluding hydrogens is 274 g/mol. The third-order valence-corrected chi connectivity index (χ3v) is 4.23. The Morgan fingerprint density at radius 1 is 1.20 bits per heavy atom. The second-order valence-corrected chi connectivity index (χ2v) is 5.52. The molecule has 20 heavy (non-hydrogen) atoms. The molecule has 0 saturated carbocycles. The molecular formula is C15H25NO3S.